The number of imidazole rings is 1. The van der Waals surface area contributed by atoms with Gasteiger partial charge in [0.05, 0.1) is 36.5 Å². The van der Waals surface area contributed by atoms with Gasteiger partial charge in [-0.05, 0) is 71.5 Å². The Balaban J connectivity index is 1.68. The molecule has 1 aromatic heterocycles. The Labute approximate surface area is 193 Å². The van der Waals surface area contributed by atoms with Crippen LogP contribution in [-0.2, 0) is 18.4 Å². The molecule has 0 aliphatic rings. The third-order valence-corrected chi connectivity index (χ3v) is 6.00. The topological polar surface area (TPSA) is 50.8 Å². The van der Waals surface area contributed by atoms with Gasteiger partial charge in [0, 0.05) is 12.1 Å². The second-order valence-corrected chi connectivity index (χ2v) is 8.39. The van der Waals surface area contributed by atoms with E-state index in [4.69, 9.17) is 21.6 Å². The number of aryl methyl sites for hydroxylation is 3. The lowest BCUT2D eigenvalue weighted by molar-refractivity contribution is 0.0624. The lowest BCUT2D eigenvalue weighted by Gasteiger charge is -2.20. The number of rotatable bonds is 6. The van der Waals surface area contributed by atoms with Crippen LogP contribution in [0, 0.1) is 25.2 Å². The number of ether oxygens (including phenoxy) is 1. The third kappa shape index (κ3) is 4.60. The summed E-state index contributed by atoms with van der Waals surface area (Å²) in [6.07, 6.45) is 3.26. The number of aromatic nitrogens is 2. The van der Waals surface area contributed by atoms with Gasteiger partial charge >= 0.3 is 0 Å². The number of halogens is 1. The average molecular weight is 442 g/mol. The van der Waals surface area contributed by atoms with Crippen molar-refractivity contribution in [1.82, 2.24) is 9.55 Å². The lowest BCUT2D eigenvalue weighted by atomic mass is 9.96. The van der Waals surface area contributed by atoms with E-state index in [0.717, 1.165) is 27.9 Å². The van der Waals surface area contributed by atoms with Gasteiger partial charge in [0.2, 0.25) is 0 Å². The fraction of sp³-hybridized carbons (Fsp3) is 0.185. The molecule has 4 nitrogen and oxygen atoms in total. The maximum atomic E-state index is 9.14. The van der Waals surface area contributed by atoms with Gasteiger partial charge in [0.15, 0.2) is 0 Å². The van der Waals surface area contributed by atoms with Gasteiger partial charge in [-0.1, -0.05) is 48.0 Å². The summed E-state index contributed by atoms with van der Waals surface area (Å²) in [7, 11) is 1.95. The highest BCUT2D eigenvalue weighted by Crippen LogP contribution is 2.32. The van der Waals surface area contributed by atoms with Crippen LogP contribution in [0.3, 0.4) is 0 Å². The first-order valence-electron chi connectivity index (χ1n) is 10.4. The zero-order valence-electron chi connectivity index (χ0n) is 18.3. The number of nitrogens with zero attached hydrogens (tertiary/aromatic N) is 3. The third-order valence-electron chi connectivity index (χ3n) is 5.76. The predicted molar refractivity (Wildman–Crippen MR) is 127 cm³/mol. The normalized spacial score (nSPS) is 11.8. The number of nitriles is 1. The molecule has 5 heteroatoms. The second kappa shape index (κ2) is 9.40. The molecule has 4 rings (SSSR count). The number of hydrogen-bond acceptors (Lipinski definition) is 3. The quantitative estimate of drug-likeness (QED) is 0.341. The SMILES string of the molecule is Cc1ccc(-c2cc(Cl)ccc2COC(c2ccc(C#N)cc2)c2cncn2C)cc1C. The second-order valence-electron chi connectivity index (χ2n) is 7.95. The summed E-state index contributed by atoms with van der Waals surface area (Å²) in [5.74, 6) is 0. The van der Waals surface area contributed by atoms with Crippen molar-refractivity contribution >= 4 is 11.6 Å². The minimum absolute atomic E-state index is 0.321. The van der Waals surface area contributed by atoms with Gasteiger partial charge in [0.25, 0.3) is 0 Å². The average Bonchev–Trinajstić information content (AvgIpc) is 3.22. The first kappa shape index (κ1) is 21.8. The molecule has 0 saturated carbocycles. The fourth-order valence-electron chi connectivity index (χ4n) is 3.73. The van der Waals surface area contributed by atoms with Crippen LogP contribution < -0.4 is 0 Å². The minimum Gasteiger partial charge on any atom is -0.362 e. The molecule has 1 heterocycles. The van der Waals surface area contributed by atoms with Crippen LogP contribution in [0.2, 0.25) is 5.02 Å². The van der Waals surface area contributed by atoms with Crippen molar-refractivity contribution in [2.75, 3.05) is 0 Å². The van der Waals surface area contributed by atoms with Crippen molar-refractivity contribution in [2.45, 2.75) is 26.6 Å². The molecule has 0 saturated heterocycles. The van der Waals surface area contributed by atoms with Crippen LogP contribution in [0.4, 0.5) is 0 Å². The zero-order chi connectivity index (χ0) is 22.7. The molecule has 160 valence electrons. The van der Waals surface area contributed by atoms with Crippen molar-refractivity contribution < 1.29 is 4.74 Å². The van der Waals surface area contributed by atoms with E-state index in [-0.39, 0.29) is 6.10 Å². The molecule has 0 bridgehead atoms. The van der Waals surface area contributed by atoms with E-state index < -0.39 is 0 Å². The highest BCUT2D eigenvalue weighted by molar-refractivity contribution is 6.30. The van der Waals surface area contributed by atoms with Gasteiger partial charge in [-0.3, -0.25) is 0 Å². The van der Waals surface area contributed by atoms with Gasteiger partial charge in [-0.15, -0.1) is 0 Å². The van der Waals surface area contributed by atoms with Gasteiger partial charge < -0.3 is 9.30 Å². The molecule has 0 aliphatic heterocycles. The largest absolute Gasteiger partial charge is 0.362 e. The summed E-state index contributed by atoms with van der Waals surface area (Å²) < 4.78 is 8.44. The predicted octanol–water partition coefficient (Wildman–Crippen LogP) is 6.54. The summed E-state index contributed by atoms with van der Waals surface area (Å²) in [4.78, 5) is 4.26. The van der Waals surface area contributed by atoms with Crippen LogP contribution >= 0.6 is 11.6 Å². The first-order chi connectivity index (χ1) is 15.5. The molecule has 0 aliphatic carbocycles. The molecule has 0 fully saturated rings. The number of hydrogen-bond donors (Lipinski definition) is 0. The molecule has 1 unspecified atom stereocenters. The van der Waals surface area contributed by atoms with Crippen molar-refractivity contribution in [3.63, 3.8) is 0 Å². The van der Waals surface area contributed by atoms with E-state index in [2.05, 4.69) is 43.1 Å². The van der Waals surface area contributed by atoms with E-state index in [9.17, 15) is 0 Å². The maximum absolute atomic E-state index is 9.14. The van der Waals surface area contributed by atoms with Crippen molar-refractivity contribution in [3.05, 3.63) is 112 Å². The van der Waals surface area contributed by atoms with E-state index in [1.807, 2.05) is 60.3 Å². The molecular weight excluding hydrogens is 418 g/mol. The smallest absolute Gasteiger partial charge is 0.124 e. The molecule has 0 N–H and O–H groups in total. The van der Waals surface area contributed by atoms with Crippen LogP contribution in [0.1, 0.15) is 39.6 Å². The lowest BCUT2D eigenvalue weighted by Crippen LogP contribution is -2.11. The zero-order valence-corrected chi connectivity index (χ0v) is 19.1. The van der Waals surface area contributed by atoms with Gasteiger partial charge in [-0.25, -0.2) is 4.98 Å². The molecule has 3 aromatic carbocycles. The summed E-state index contributed by atoms with van der Waals surface area (Å²) in [6, 6.07) is 22.0. The van der Waals surface area contributed by atoms with Crippen LogP contribution in [0.15, 0.2) is 73.2 Å². The Bertz CT molecular complexity index is 1290. The van der Waals surface area contributed by atoms with E-state index in [0.29, 0.717) is 17.2 Å². The molecule has 4 aromatic rings. The van der Waals surface area contributed by atoms with E-state index in [1.54, 1.807) is 6.33 Å². The number of benzene rings is 3. The van der Waals surface area contributed by atoms with E-state index >= 15 is 0 Å². The summed E-state index contributed by atoms with van der Waals surface area (Å²) in [6.45, 7) is 4.62. The Hall–Kier alpha value is -3.39. The van der Waals surface area contributed by atoms with Crippen molar-refractivity contribution in [2.24, 2.45) is 7.05 Å². The van der Waals surface area contributed by atoms with Gasteiger partial charge in [-0.2, -0.15) is 5.26 Å². The van der Waals surface area contributed by atoms with Crippen molar-refractivity contribution in [3.8, 4) is 17.2 Å². The molecular formula is C27H24ClN3O. The maximum Gasteiger partial charge on any atom is 0.124 e. The standard InChI is InChI=1S/C27H24ClN3O/c1-18-4-7-22(12-19(18)2)25-13-24(28)11-10-23(25)16-32-27(26-15-30-17-31(26)3)21-8-5-20(14-29)6-9-21/h4-13,15,17,27H,16H2,1-3H3. The monoisotopic (exact) mass is 441 g/mol. The van der Waals surface area contributed by atoms with E-state index in [1.165, 1.54) is 11.1 Å². The molecule has 1 atom stereocenters. The Morgan fingerprint density at radius 2 is 1.81 bits per heavy atom. The van der Waals surface area contributed by atoms with Crippen molar-refractivity contribution in [1.29, 1.82) is 5.26 Å². The van der Waals surface area contributed by atoms with Crippen LogP contribution in [0.5, 0.6) is 0 Å². The Kier molecular flexibility index (Phi) is 6.41. The Morgan fingerprint density at radius 1 is 1.03 bits per heavy atom. The summed E-state index contributed by atoms with van der Waals surface area (Å²) in [5.41, 5.74) is 8.25. The highest BCUT2D eigenvalue weighted by atomic mass is 35.5. The minimum atomic E-state index is -0.321. The molecule has 32 heavy (non-hydrogen) atoms. The summed E-state index contributed by atoms with van der Waals surface area (Å²) in [5, 5.41) is 9.83. The Morgan fingerprint density at radius 3 is 2.47 bits per heavy atom. The first-order valence-corrected chi connectivity index (χ1v) is 10.8. The van der Waals surface area contributed by atoms with Crippen LogP contribution in [-0.4, -0.2) is 9.55 Å². The fourth-order valence-corrected chi connectivity index (χ4v) is 3.90. The summed E-state index contributed by atoms with van der Waals surface area (Å²) >= 11 is 6.35. The van der Waals surface area contributed by atoms with Gasteiger partial charge in [0.1, 0.15) is 6.10 Å². The molecule has 0 spiro atoms. The highest BCUT2D eigenvalue weighted by Gasteiger charge is 2.19. The van der Waals surface area contributed by atoms with Crippen LogP contribution in [0.25, 0.3) is 11.1 Å². The molecule has 0 amide bonds. The molecule has 0 radical (unpaired) electrons.